The summed E-state index contributed by atoms with van der Waals surface area (Å²) in [6, 6.07) is 3.61. The van der Waals surface area contributed by atoms with Crippen molar-refractivity contribution in [3.05, 3.63) is 24.2 Å². The quantitative estimate of drug-likeness (QED) is 0.812. The molecule has 82 valence electrons. The first kappa shape index (κ1) is 10.2. The molecule has 2 unspecified atom stereocenters. The summed E-state index contributed by atoms with van der Waals surface area (Å²) in [5.41, 5.74) is -0.592. The van der Waals surface area contributed by atoms with Crippen molar-refractivity contribution >= 4 is 5.97 Å². The number of carboxylic acids is 1. The Kier molecular flexibility index (Phi) is 2.52. The lowest BCUT2D eigenvalue weighted by atomic mass is 9.91. The molecule has 1 fully saturated rings. The highest BCUT2D eigenvalue weighted by Gasteiger charge is 2.39. The Balaban J connectivity index is 2.18. The maximum absolute atomic E-state index is 10.9. The van der Waals surface area contributed by atoms with E-state index in [9.17, 15) is 4.79 Å². The molecule has 2 heterocycles. The van der Waals surface area contributed by atoms with E-state index in [0.29, 0.717) is 12.2 Å². The van der Waals surface area contributed by atoms with Gasteiger partial charge in [-0.1, -0.05) is 0 Å². The Bertz CT molecular complexity index is 343. The van der Waals surface area contributed by atoms with Crippen LogP contribution in [0.15, 0.2) is 22.8 Å². The standard InChI is InChI=1S/C11H14O4/c1-11(9-5-3-7-14-9)6-2-4-8(15-11)10(12)13/h3,5,7-8H,2,4,6H2,1H3,(H,12,13). The van der Waals surface area contributed by atoms with Gasteiger partial charge in [0.25, 0.3) is 0 Å². The molecule has 1 aromatic heterocycles. The van der Waals surface area contributed by atoms with Gasteiger partial charge >= 0.3 is 5.97 Å². The van der Waals surface area contributed by atoms with Gasteiger partial charge in [0.05, 0.1) is 6.26 Å². The van der Waals surface area contributed by atoms with Gasteiger partial charge in [-0.15, -0.1) is 0 Å². The van der Waals surface area contributed by atoms with Gasteiger partial charge in [-0.25, -0.2) is 4.79 Å². The molecule has 2 atom stereocenters. The zero-order valence-electron chi connectivity index (χ0n) is 8.60. The molecule has 1 saturated heterocycles. The molecule has 1 aliphatic heterocycles. The maximum atomic E-state index is 10.9. The first-order valence-electron chi connectivity index (χ1n) is 5.06. The maximum Gasteiger partial charge on any atom is 0.332 e. The lowest BCUT2D eigenvalue weighted by Crippen LogP contribution is -2.39. The van der Waals surface area contributed by atoms with Crippen LogP contribution in [-0.2, 0) is 15.1 Å². The molecule has 0 amide bonds. The Morgan fingerprint density at radius 3 is 3.07 bits per heavy atom. The lowest BCUT2D eigenvalue weighted by Gasteiger charge is -2.35. The molecule has 0 aromatic carbocycles. The van der Waals surface area contributed by atoms with Crippen LogP contribution in [0.2, 0.25) is 0 Å². The monoisotopic (exact) mass is 210 g/mol. The molecule has 2 rings (SSSR count). The molecule has 1 N–H and O–H groups in total. The first-order chi connectivity index (χ1) is 7.12. The molecular formula is C11H14O4. The van der Waals surface area contributed by atoms with Crippen LogP contribution in [0.5, 0.6) is 0 Å². The van der Waals surface area contributed by atoms with Crippen LogP contribution in [0, 0.1) is 0 Å². The zero-order valence-corrected chi connectivity index (χ0v) is 8.60. The van der Waals surface area contributed by atoms with E-state index in [1.165, 1.54) is 0 Å². The van der Waals surface area contributed by atoms with E-state index in [2.05, 4.69) is 0 Å². The van der Waals surface area contributed by atoms with Gasteiger partial charge in [-0.3, -0.25) is 0 Å². The smallest absolute Gasteiger partial charge is 0.332 e. The molecular weight excluding hydrogens is 196 g/mol. The highest BCUT2D eigenvalue weighted by Crippen LogP contribution is 2.37. The fourth-order valence-corrected chi connectivity index (χ4v) is 1.99. The van der Waals surface area contributed by atoms with E-state index in [4.69, 9.17) is 14.3 Å². The van der Waals surface area contributed by atoms with Gasteiger partial charge in [-0.2, -0.15) is 0 Å². The largest absolute Gasteiger partial charge is 0.479 e. The fraction of sp³-hybridized carbons (Fsp3) is 0.545. The summed E-state index contributed by atoms with van der Waals surface area (Å²) >= 11 is 0. The van der Waals surface area contributed by atoms with E-state index in [1.807, 2.05) is 13.0 Å². The predicted octanol–water partition coefficient (Wildman–Crippen LogP) is 2.15. The second-order valence-corrected chi connectivity index (χ2v) is 4.05. The Hall–Kier alpha value is -1.29. The highest BCUT2D eigenvalue weighted by atomic mass is 16.5. The first-order valence-corrected chi connectivity index (χ1v) is 5.06. The van der Waals surface area contributed by atoms with Crippen molar-refractivity contribution in [2.24, 2.45) is 0 Å². The van der Waals surface area contributed by atoms with E-state index in [-0.39, 0.29) is 0 Å². The Morgan fingerprint density at radius 2 is 2.47 bits per heavy atom. The number of ether oxygens (including phenoxy) is 1. The predicted molar refractivity (Wildman–Crippen MR) is 52.4 cm³/mol. The third-order valence-corrected chi connectivity index (χ3v) is 2.84. The number of hydrogen-bond acceptors (Lipinski definition) is 3. The summed E-state index contributed by atoms with van der Waals surface area (Å²) in [5.74, 6) is -0.194. The molecule has 0 aliphatic carbocycles. The van der Waals surface area contributed by atoms with Crippen LogP contribution < -0.4 is 0 Å². The fourth-order valence-electron chi connectivity index (χ4n) is 1.99. The summed E-state index contributed by atoms with van der Waals surface area (Å²) < 4.78 is 10.9. The number of rotatable bonds is 2. The third-order valence-electron chi connectivity index (χ3n) is 2.84. The molecule has 0 bridgehead atoms. The third kappa shape index (κ3) is 1.90. The second kappa shape index (κ2) is 3.70. The molecule has 4 nitrogen and oxygen atoms in total. The van der Waals surface area contributed by atoms with E-state index >= 15 is 0 Å². The van der Waals surface area contributed by atoms with Crippen LogP contribution in [0.3, 0.4) is 0 Å². The zero-order chi connectivity index (χ0) is 10.9. The number of carboxylic acid groups (broad SMARTS) is 1. The minimum absolute atomic E-state index is 0.575. The summed E-state index contributed by atoms with van der Waals surface area (Å²) in [7, 11) is 0. The van der Waals surface area contributed by atoms with Gasteiger partial charge in [0.1, 0.15) is 11.4 Å². The van der Waals surface area contributed by atoms with Crippen molar-refractivity contribution in [3.63, 3.8) is 0 Å². The van der Waals surface area contributed by atoms with E-state index in [0.717, 1.165) is 12.8 Å². The van der Waals surface area contributed by atoms with Crippen LogP contribution in [0.1, 0.15) is 31.9 Å². The number of hydrogen-bond donors (Lipinski definition) is 1. The van der Waals surface area contributed by atoms with Gasteiger partial charge in [0.15, 0.2) is 6.10 Å². The lowest BCUT2D eigenvalue weighted by molar-refractivity contribution is -0.177. The molecule has 0 saturated carbocycles. The van der Waals surface area contributed by atoms with Crippen molar-refractivity contribution in [2.75, 3.05) is 0 Å². The van der Waals surface area contributed by atoms with E-state index in [1.54, 1.807) is 12.3 Å². The topological polar surface area (TPSA) is 59.7 Å². The summed E-state index contributed by atoms with van der Waals surface area (Å²) in [6.07, 6.45) is 3.08. The minimum atomic E-state index is -0.896. The molecule has 1 aliphatic rings. The van der Waals surface area contributed by atoms with Crippen LogP contribution in [0.25, 0.3) is 0 Å². The highest BCUT2D eigenvalue weighted by molar-refractivity contribution is 5.72. The number of aliphatic carboxylic acids is 1. The molecule has 15 heavy (non-hydrogen) atoms. The van der Waals surface area contributed by atoms with Crippen LogP contribution >= 0.6 is 0 Å². The van der Waals surface area contributed by atoms with Crippen molar-refractivity contribution in [3.8, 4) is 0 Å². The van der Waals surface area contributed by atoms with Gasteiger partial charge in [0.2, 0.25) is 0 Å². The van der Waals surface area contributed by atoms with Crippen molar-refractivity contribution in [1.29, 1.82) is 0 Å². The molecule has 1 aromatic rings. The van der Waals surface area contributed by atoms with E-state index < -0.39 is 17.7 Å². The van der Waals surface area contributed by atoms with Gasteiger partial charge in [-0.05, 0) is 38.3 Å². The average Bonchev–Trinajstić information content (AvgIpc) is 2.71. The van der Waals surface area contributed by atoms with Gasteiger partial charge < -0.3 is 14.3 Å². The minimum Gasteiger partial charge on any atom is -0.479 e. The Morgan fingerprint density at radius 1 is 1.67 bits per heavy atom. The Labute approximate surface area is 87.8 Å². The molecule has 4 heteroatoms. The van der Waals surface area contributed by atoms with Crippen molar-refractivity contribution in [2.45, 2.75) is 37.9 Å². The van der Waals surface area contributed by atoms with Crippen LogP contribution in [0.4, 0.5) is 0 Å². The average molecular weight is 210 g/mol. The number of furan rings is 1. The molecule has 0 radical (unpaired) electrons. The SMILES string of the molecule is CC1(c2ccco2)CCCC(C(=O)O)O1. The van der Waals surface area contributed by atoms with Crippen molar-refractivity contribution < 1.29 is 19.1 Å². The summed E-state index contributed by atoms with van der Waals surface area (Å²) in [4.78, 5) is 10.9. The summed E-state index contributed by atoms with van der Waals surface area (Å²) in [5, 5.41) is 8.91. The van der Waals surface area contributed by atoms with Gasteiger partial charge in [0, 0.05) is 0 Å². The summed E-state index contributed by atoms with van der Waals surface area (Å²) in [6.45, 7) is 1.88. The number of carbonyl (C=O) groups is 1. The van der Waals surface area contributed by atoms with Crippen molar-refractivity contribution in [1.82, 2.24) is 0 Å². The second-order valence-electron chi connectivity index (χ2n) is 4.05. The van der Waals surface area contributed by atoms with Crippen LogP contribution in [-0.4, -0.2) is 17.2 Å². The normalized spacial score (nSPS) is 31.4. The molecule has 0 spiro atoms.